The van der Waals surface area contributed by atoms with Gasteiger partial charge in [-0.25, -0.2) is 0 Å². The van der Waals surface area contributed by atoms with E-state index in [4.69, 9.17) is 30.6 Å². The SMILES string of the molecule is C=C1CC(=O)N(CCN2CC(C(=O)O)CC2=O)C1=O.C=C1CC(=O)N(CCNCC(CC(=O)O)C(=O)O)C1=O.CC1=CC(=O)N(CCN2CC(C(=O)O)CC2=O)C1=O.CC1=CC(=O)N(CCNCC(CC(=O)O)C(=O)O)C1=O. The summed E-state index contributed by atoms with van der Waals surface area (Å²) >= 11 is 0. The summed E-state index contributed by atoms with van der Waals surface area (Å²) in [5, 5.41) is 57.9. The second kappa shape index (κ2) is 28.9. The molecule has 0 aromatic rings. The van der Waals surface area contributed by atoms with Gasteiger partial charge in [-0.1, -0.05) is 13.2 Å². The van der Waals surface area contributed by atoms with Crippen LogP contribution in [-0.4, -0.2) is 233 Å². The van der Waals surface area contributed by atoms with E-state index in [-0.39, 0.29) is 157 Å². The molecule has 4 atom stereocenters. The molecule has 0 aliphatic carbocycles. The minimum absolute atomic E-state index is 0.00952. The molecule has 78 heavy (non-hydrogen) atoms. The fourth-order valence-electron chi connectivity index (χ4n) is 8.07. The van der Waals surface area contributed by atoms with Crippen molar-refractivity contribution in [3.63, 3.8) is 0 Å². The Hall–Kier alpha value is -8.80. The summed E-state index contributed by atoms with van der Waals surface area (Å²) in [6, 6.07) is 0. The first kappa shape index (κ1) is 63.5. The molecule has 10 amide bonds. The molecule has 6 rings (SSSR count). The van der Waals surface area contributed by atoms with Crippen LogP contribution >= 0.6 is 0 Å². The fourth-order valence-corrected chi connectivity index (χ4v) is 8.07. The van der Waals surface area contributed by atoms with Gasteiger partial charge in [-0.15, -0.1) is 0 Å². The molecule has 0 radical (unpaired) electrons. The van der Waals surface area contributed by atoms with Crippen LogP contribution in [0.1, 0.15) is 52.4 Å². The Morgan fingerprint density at radius 1 is 0.500 bits per heavy atom. The topological polar surface area (TPSA) is 438 Å². The van der Waals surface area contributed by atoms with Gasteiger partial charge in [0.25, 0.3) is 35.4 Å². The standard InChI is InChI=1S/2C12H16N2O6.2C12H14N2O5/c2*1-7-4-9(15)14(11(7)18)3-2-13-6-8(12(19)20)5-10(16)17;2*1-7-4-10(16)14(11(7)17)3-2-13-6-8(12(18)19)5-9(13)15/h4,8,13H,2-3,5-6H2,1H3,(H,16,17)(H,19,20);8,13H,1-6H2,(H,16,17)(H,19,20);4,8H,2-3,5-6H2,1H3,(H,18,19);8H,1-6H2,(H,18,19). The molecule has 424 valence electrons. The average molecular weight is 1100 g/mol. The van der Waals surface area contributed by atoms with Gasteiger partial charge in [0.2, 0.25) is 23.6 Å². The minimum atomic E-state index is -1.21. The van der Waals surface area contributed by atoms with Gasteiger partial charge in [-0.05, 0) is 13.8 Å². The van der Waals surface area contributed by atoms with E-state index in [1.54, 1.807) is 13.8 Å². The van der Waals surface area contributed by atoms with Crippen LogP contribution < -0.4 is 10.6 Å². The maximum atomic E-state index is 11.6. The number of hydrogen-bond acceptors (Lipinski definition) is 18. The summed E-state index contributed by atoms with van der Waals surface area (Å²) in [7, 11) is 0. The van der Waals surface area contributed by atoms with Crippen LogP contribution in [0.25, 0.3) is 0 Å². The molecule has 4 unspecified atom stereocenters. The summed E-state index contributed by atoms with van der Waals surface area (Å²) in [4.78, 5) is 186. The number of carbonyl (C=O) groups excluding carboxylic acids is 10. The Morgan fingerprint density at radius 3 is 1.12 bits per heavy atom. The van der Waals surface area contributed by atoms with E-state index in [0.29, 0.717) is 11.1 Å². The zero-order valence-electron chi connectivity index (χ0n) is 42.5. The highest BCUT2D eigenvalue weighted by molar-refractivity contribution is 6.17. The summed E-state index contributed by atoms with van der Waals surface area (Å²) in [6.07, 6.45) is 1.52. The lowest BCUT2D eigenvalue weighted by atomic mass is 10.1. The van der Waals surface area contributed by atoms with Gasteiger partial charge in [-0.2, -0.15) is 0 Å². The molecular formula is C48H60N8O22. The van der Waals surface area contributed by atoms with Crippen LogP contribution in [0, 0.1) is 23.7 Å². The predicted molar refractivity (Wildman–Crippen MR) is 259 cm³/mol. The highest BCUT2D eigenvalue weighted by Gasteiger charge is 2.39. The number of likely N-dealkylation sites (tertiary alicyclic amines) is 4. The van der Waals surface area contributed by atoms with Crippen molar-refractivity contribution in [1.29, 1.82) is 0 Å². The number of nitrogens with one attached hydrogen (secondary N) is 2. The summed E-state index contributed by atoms with van der Waals surface area (Å²) < 4.78 is 0. The lowest BCUT2D eigenvalue weighted by Crippen LogP contribution is -2.39. The third kappa shape index (κ3) is 18.2. The third-order valence-electron chi connectivity index (χ3n) is 12.5. The monoisotopic (exact) mass is 1100 g/mol. The molecule has 30 nitrogen and oxygen atoms in total. The lowest BCUT2D eigenvalue weighted by Gasteiger charge is -2.20. The van der Waals surface area contributed by atoms with Crippen molar-refractivity contribution in [2.24, 2.45) is 23.7 Å². The zero-order chi connectivity index (χ0) is 58.9. The van der Waals surface area contributed by atoms with Crippen LogP contribution in [-0.2, 0) is 76.7 Å². The Bertz CT molecular complexity index is 2600. The molecule has 8 N–H and O–H groups in total. The number of hydrogen-bond donors (Lipinski definition) is 8. The van der Waals surface area contributed by atoms with Crippen LogP contribution in [0.4, 0.5) is 0 Å². The maximum absolute atomic E-state index is 11.6. The Labute approximate surface area is 443 Å². The summed E-state index contributed by atoms with van der Waals surface area (Å²) in [5.41, 5.74) is 1.23. The van der Waals surface area contributed by atoms with Crippen LogP contribution in [0.2, 0.25) is 0 Å². The average Bonchev–Trinajstić information content (AvgIpc) is 4.16. The second-order valence-corrected chi connectivity index (χ2v) is 18.3. The first-order valence-corrected chi connectivity index (χ1v) is 23.9. The number of rotatable bonds is 24. The number of imide groups is 4. The molecule has 0 aromatic carbocycles. The lowest BCUT2D eigenvalue weighted by molar-refractivity contribution is -0.148. The molecule has 6 aliphatic heterocycles. The molecule has 4 fully saturated rings. The smallest absolute Gasteiger partial charge is 0.308 e. The summed E-state index contributed by atoms with van der Waals surface area (Å²) in [6.45, 7) is 11.4. The van der Waals surface area contributed by atoms with Crippen molar-refractivity contribution >= 4 is 94.9 Å². The van der Waals surface area contributed by atoms with Crippen molar-refractivity contribution < 1.29 is 107 Å². The molecule has 6 heterocycles. The number of carboxylic acids is 6. The molecule has 6 aliphatic rings. The van der Waals surface area contributed by atoms with Gasteiger partial charge in [0, 0.05) is 126 Å². The van der Waals surface area contributed by atoms with E-state index in [0.717, 1.165) is 19.6 Å². The Balaban J connectivity index is 0.000000274. The largest absolute Gasteiger partial charge is 0.481 e. The predicted octanol–water partition coefficient (Wildman–Crippen LogP) is -3.40. The Morgan fingerprint density at radius 2 is 0.833 bits per heavy atom. The van der Waals surface area contributed by atoms with E-state index >= 15 is 0 Å². The van der Waals surface area contributed by atoms with E-state index in [1.807, 2.05) is 0 Å². The van der Waals surface area contributed by atoms with E-state index < -0.39 is 90.1 Å². The molecule has 0 spiro atoms. The number of carbonyl (C=O) groups is 16. The second-order valence-electron chi connectivity index (χ2n) is 18.3. The fraction of sp³-hybridized carbons (Fsp3) is 0.500. The van der Waals surface area contributed by atoms with E-state index in [1.165, 1.54) is 22.0 Å². The molecule has 0 saturated carbocycles. The molecule has 30 heteroatoms. The highest BCUT2D eigenvalue weighted by Crippen LogP contribution is 2.22. The zero-order valence-corrected chi connectivity index (χ0v) is 42.5. The molecule has 4 saturated heterocycles. The Kier molecular flexibility index (Phi) is 23.5. The van der Waals surface area contributed by atoms with E-state index in [9.17, 15) is 76.7 Å². The highest BCUT2D eigenvalue weighted by atomic mass is 16.4. The van der Waals surface area contributed by atoms with Crippen LogP contribution in [0.3, 0.4) is 0 Å². The molecule has 0 bridgehead atoms. The van der Waals surface area contributed by atoms with Crippen molar-refractivity contribution in [2.75, 3.05) is 78.5 Å². The van der Waals surface area contributed by atoms with Crippen molar-refractivity contribution in [2.45, 2.75) is 52.4 Å². The van der Waals surface area contributed by atoms with Gasteiger partial charge < -0.3 is 51.1 Å². The van der Waals surface area contributed by atoms with Crippen LogP contribution in [0.15, 0.2) is 47.6 Å². The number of nitrogens with zero attached hydrogens (tertiary/aromatic N) is 6. The molecule has 0 aromatic heterocycles. The van der Waals surface area contributed by atoms with Crippen molar-refractivity contribution in [3.8, 4) is 0 Å². The van der Waals surface area contributed by atoms with Gasteiger partial charge in [0.05, 0.1) is 49.4 Å². The van der Waals surface area contributed by atoms with Crippen molar-refractivity contribution in [3.05, 3.63) is 47.6 Å². The number of carboxylic acid groups (broad SMARTS) is 6. The first-order chi connectivity index (χ1) is 36.4. The van der Waals surface area contributed by atoms with Crippen LogP contribution in [0.5, 0.6) is 0 Å². The quantitative estimate of drug-likeness (QED) is 0.0265. The maximum Gasteiger partial charge on any atom is 0.308 e. The third-order valence-corrected chi connectivity index (χ3v) is 12.5. The first-order valence-electron chi connectivity index (χ1n) is 23.9. The normalized spacial score (nSPS) is 19.9. The van der Waals surface area contributed by atoms with Crippen molar-refractivity contribution in [1.82, 2.24) is 40.0 Å². The van der Waals surface area contributed by atoms with Gasteiger partial charge in [-0.3, -0.25) is 96.3 Å². The van der Waals surface area contributed by atoms with E-state index in [2.05, 4.69) is 23.8 Å². The number of aliphatic carboxylic acids is 6. The van der Waals surface area contributed by atoms with Gasteiger partial charge >= 0.3 is 35.8 Å². The minimum Gasteiger partial charge on any atom is -0.481 e. The number of amides is 10. The van der Waals surface area contributed by atoms with Gasteiger partial charge in [0.1, 0.15) is 0 Å². The molecular weight excluding hydrogens is 1040 g/mol. The van der Waals surface area contributed by atoms with Gasteiger partial charge in [0.15, 0.2) is 0 Å². The summed E-state index contributed by atoms with van der Waals surface area (Å²) in [5.74, 6) is -13.8.